The van der Waals surface area contributed by atoms with Crippen LogP contribution >= 0.6 is 0 Å². The number of hydrogen-bond acceptors (Lipinski definition) is 6. The van der Waals surface area contributed by atoms with Crippen LogP contribution in [0.2, 0.25) is 0 Å². The van der Waals surface area contributed by atoms with E-state index in [-0.39, 0.29) is 5.56 Å². The molecule has 0 aliphatic carbocycles. The maximum atomic E-state index is 12.1. The minimum atomic E-state index is -0.0327. The topological polar surface area (TPSA) is 88.9 Å². The van der Waals surface area contributed by atoms with E-state index in [0.29, 0.717) is 12.1 Å². The number of hydrogen-bond donors (Lipinski definition) is 1. The lowest BCUT2D eigenvalue weighted by atomic mass is 10.1. The van der Waals surface area contributed by atoms with Crippen LogP contribution in [0.5, 0.6) is 0 Å². The highest BCUT2D eigenvalue weighted by molar-refractivity contribution is 5.74. The zero-order valence-corrected chi connectivity index (χ0v) is 15.9. The number of pyridine rings is 3. The third-order valence-corrected chi connectivity index (χ3v) is 5.16. The summed E-state index contributed by atoms with van der Waals surface area (Å²) < 4.78 is 0. The highest BCUT2D eigenvalue weighted by Crippen LogP contribution is 2.17. The summed E-state index contributed by atoms with van der Waals surface area (Å²) in [5, 5.41) is 9.02. The van der Waals surface area contributed by atoms with Gasteiger partial charge in [0.2, 0.25) is 0 Å². The van der Waals surface area contributed by atoms with Gasteiger partial charge in [-0.15, -0.1) is 0 Å². The van der Waals surface area contributed by atoms with Crippen molar-refractivity contribution in [1.82, 2.24) is 19.9 Å². The molecule has 0 radical (unpaired) electrons. The summed E-state index contributed by atoms with van der Waals surface area (Å²) in [6.45, 7) is 6.29. The van der Waals surface area contributed by atoms with Crippen molar-refractivity contribution in [2.24, 2.45) is 0 Å². The van der Waals surface area contributed by atoms with Gasteiger partial charge in [-0.2, -0.15) is 5.26 Å². The first-order chi connectivity index (χ1) is 13.7. The fourth-order valence-electron chi connectivity index (χ4n) is 3.57. The monoisotopic (exact) mass is 374 g/mol. The molecule has 0 bridgehead atoms. The molecule has 1 aliphatic heterocycles. The summed E-state index contributed by atoms with van der Waals surface area (Å²) in [7, 11) is 0. The van der Waals surface area contributed by atoms with Crippen LogP contribution in [0.25, 0.3) is 11.0 Å². The number of nitriles is 1. The number of rotatable bonds is 4. The van der Waals surface area contributed by atoms with Gasteiger partial charge in [-0.1, -0.05) is 13.0 Å². The third kappa shape index (κ3) is 3.73. The third-order valence-electron chi connectivity index (χ3n) is 5.16. The quantitative estimate of drug-likeness (QED) is 0.752. The summed E-state index contributed by atoms with van der Waals surface area (Å²) in [5.74, 6) is 0.857. The molecular formula is C21H22N6O. The Balaban J connectivity index is 1.43. The number of anilines is 1. The van der Waals surface area contributed by atoms with Crippen LogP contribution in [0.3, 0.4) is 0 Å². The summed E-state index contributed by atoms with van der Waals surface area (Å²) in [6.07, 6.45) is 2.59. The van der Waals surface area contributed by atoms with Gasteiger partial charge in [-0.3, -0.25) is 14.7 Å². The molecule has 7 nitrogen and oxygen atoms in total. The van der Waals surface area contributed by atoms with Crippen molar-refractivity contribution in [3.05, 3.63) is 63.7 Å². The number of nitrogens with zero attached hydrogens (tertiary/aromatic N) is 5. The van der Waals surface area contributed by atoms with Crippen LogP contribution in [0.1, 0.15) is 23.7 Å². The van der Waals surface area contributed by atoms with E-state index in [1.54, 1.807) is 6.07 Å². The molecule has 1 aliphatic rings. The number of nitrogens with one attached hydrogen (secondary N) is 1. The predicted octanol–water partition coefficient (Wildman–Crippen LogP) is 2.07. The van der Waals surface area contributed by atoms with Gasteiger partial charge in [0.05, 0.1) is 11.0 Å². The van der Waals surface area contributed by atoms with Crippen molar-refractivity contribution in [2.75, 3.05) is 31.1 Å². The second kappa shape index (κ2) is 7.79. The Morgan fingerprint density at radius 3 is 2.79 bits per heavy atom. The molecule has 4 rings (SSSR count). The summed E-state index contributed by atoms with van der Waals surface area (Å²) in [6, 6.07) is 11.5. The number of aromatic nitrogens is 3. The maximum Gasteiger partial charge on any atom is 0.251 e. The Morgan fingerprint density at radius 2 is 2.04 bits per heavy atom. The van der Waals surface area contributed by atoms with Crippen LogP contribution in [-0.4, -0.2) is 46.0 Å². The van der Waals surface area contributed by atoms with Crippen LogP contribution in [0, 0.1) is 11.3 Å². The summed E-state index contributed by atoms with van der Waals surface area (Å²) >= 11 is 0. The Bertz CT molecular complexity index is 1090. The molecule has 1 saturated heterocycles. The maximum absolute atomic E-state index is 12.1. The number of H-pyrrole nitrogens is 1. The molecule has 4 heterocycles. The van der Waals surface area contributed by atoms with Crippen LogP contribution in [-0.2, 0) is 13.0 Å². The van der Waals surface area contributed by atoms with E-state index in [9.17, 15) is 4.79 Å². The molecule has 0 amide bonds. The van der Waals surface area contributed by atoms with Gasteiger partial charge in [0.1, 0.15) is 17.6 Å². The normalized spacial score (nSPS) is 14.9. The van der Waals surface area contributed by atoms with E-state index in [4.69, 9.17) is 5.26 Å². The summed E-state index contributed by atoms with van der Waals surface area (Å²) in [4.78, 5) is 28.5. The molecule has 0 spiro atoms. The number of aryl methyl sites for hydroxylation is 1. The van der Waals surface area contributed by atoms with Gasteiger partial charge in [-0.05, 0) is 36.2 Å². The van der Waals surface area contributed by atoms with E-state index < -0.39 is 0 Å². The summed E-state index contributed by atoms with van der Waals surface area (Å²) in [5.41, 5.74) is 3.88. The lowest BCUT2D eigenvalue weighted by molar-refractivity contribution is 0.249. The lowest BCUT2D eigenvalue weighted by Gasteiger charge is -2.35. The van der Waals surface area contributed by atoms with Crippen molar-refractivity contribution < 1.29 is 0 Å². The van der Waals surface area contributed by atoms with Crippen LogP contribution in [0.15, 0.2) is 41.3 Å². The first-order valence-corrected chi connectivity index (χ1v) is 9.51. The van der Waals surface area contributed by atoms with Crippen LogP contribution < -0.4 is 10.5 Å². The zero-order chi connectivity index (χ0) is 19.5. The molecule has 3 aromatic rings. The SMILES string of the molecule is CCc1cc2ncc(CN3CCN(c4cccc(C#N)n4)CC3)cc2[nH]c1=O. The molecule has 1 fully saturated rings. The largest absolute Gasteiger partial charge is 0.354 e. The molecule has 0 atom stereocenters. The Labute approximate surface area is 163 Å². The van der Waals surface area contributed by atoms with Crippen LogP contribution in [0.4, 0.5) is 5.82 Å². The highest BCUT2D eigenvalue weighted by Gasteiger charge is 2.18. The molecule has 0 saturated carbocycles. The van der Waals surface area contributed by atoms with Gasteiger partial charge in [0.25, 0.3) is 5.56 Å². The second-order valence-electron chi connectivity index (χ2n) is 7.01. The van der Waals surface area contributed by atoms with Gasteiger partial charge in [0, 0.05) is 44.5 Å². The molecule has 7 heteroatoms. The average molecular weight is 374 g/mol. The van der Waals surface area contributed by atoms with Crippen molar-refractivity contribution >= 4 is 16.9 Å². The number of aromatic amines is 1. The Kier molecular flexibility index (Phi) is 5.04. The molecule has 3 aromatic heterocycles. The molecule has 0 unspecified atom stereocenters. The van der Waals surface area contributed by atoms with Gasteiger partial charge >= 0.3 is 0 Å². The first kappa shape index (κ1) is 18.1. The minimum absolute atomic E-state index is 0.0327. The van der Waals surface area contributed by atoms with Gasteiger partial charge in [0.15, 0.2) is 0 Å². The van der Waals surface area contributed by atoms with Crippen molar-refractivity contribution in [3.8, 4) is 6.07 Å². The smallest absolute Gasteiger partial charge is 0.251 e. The van der Waals surface area contributed by atoms with E-state index in [1.165, 1.54) is 0 Å². The van der Waals surface area contributed by atoms with Crippen molar-refractivity contribution in [1.29, 1.82) is 5.26 Å². The standard InChI is InChI=1S/C21H22N6O/c1-2-16-11-18-19(25-21(16)28)10-15(13-23-18)14-26-6-8-27(9-7-26)20-5-3-4-17(12-22)24-20/h3-5,10-11,13H,2,6-9,14H2,1H3,(H,25,28). The highest BCUT2D eigenvalue weighted by atomic mass is 16.1. The first-order valence-electron chi connectivity index (χ1n) is 9.51. The molecule has 28 heavy (non-hydrogen) atoms. The molecular weight excluding hydrogens is 352 g/mol. The number of fused-ring (bicyclic) bond motifs is 1. The number of piperazine rings is 1. The van der Waals surface area contributed by atoms with Crippen molar-refractivity contribution in [3.63, 3.8) is 0 Å². The average Bonchev–Trinajstić information content (AvgIpc) is 2.74. The van der Waals surface area contributed by atoms with E-state index in [2.05, 4.69) is 30.8 Å². The van der Waals surface area contributed by atoms with Crippen molar-refractivity contribution in [2.45, 2.75) is 19.9 Å². The fraction of sp³-hybridized carbons (Fsp3) is 0.333. The molecule has 1 N–H and O–H groups in total. The van der Waals surface area contributed by atoms with E-state index in [0.717, 1.165) is 60.7 Å². The molecule has 0 aromatic carbocycles. The Morgan fingerprint density at radius 1 is 1.21 bits per heavy atom. The second-order valence-corrected chi connectivity index (χ2v) is 7.01. The fourth-order valence-corrected chi connectivity index (χ4v) is 3.57. The Hall–Kier alpha value is -3.24. The van der Waals surface area contributed by atoms with Gasteiger partial charge in [-0.25, -0.2) is 4.98 Å². The van der Waals surface area contributed by atoms with Gasteiger partial charge < -0.3 is 9.88 Å². The van der Waals surface area contributed by atoms with E-state index in [1.807, 2.05) is 37.4 Å². The molecule has 142 valence electrons. The predicted molar refractivity (Wildman–Crippen MR) is 108 cm³/mol. The minimum Gasteiger partial charge on any atom is -0.354 e. The van der Waals surface area contributed by atoms with E-state index >= 15 is 0 Å². The zero-order valence-electron chi connectivity index (χ0n) is 15.9. The lowest BCUT2D eigenvalue weighted by Crippen LogP contribution is -2.46.